The highest BCUT2D eigenvalue weighted by Gasteiger charge is 2.34. The van der Waals surface area contributed by atoms with Crippen molar-refractivity contribution in [3.63, 3.8) is 0 Å². The maximum absolute atomic E-state index is 12.6. The van der Waals surface area contributed by atoms with Crippen LogP contribution in [0.3, 0.4) is 0 Å². The lowest BCUT2D eigenvalue weighted by atomic mass is 9.99. The fourth-order valence-corrected chi connectivity index (χ4v) is 3.27. The molecule has 0 unspecified atom stereocenters. The molecule has 1 aromatic heterocycles. The first-order valence-electron chi connectivity index (χ1n) is 8.50. The summed E-state index contributed by atoms with van der Waals surface area (Å²) >= 11 is 0. The van der Waals surface area contributed by atoms with Gasteiger partial charge in [-0.2, -0.15) is 13.2 Å². The molecule has 1 aliphatic carbocycles. The lowest BCUT2D eigenvalue weighted by molar-refractivity contribution is -0.138. The highest BCUT2D eigenvalue weighted by atomic mass is 19.4. The molecule has 0 radical (unpaired) electrons. The van der Waals surface area contributed by atoms with Gasteiger partial charge in [0.2, 0.25) is 0 Å². The van der Waals surface area contributed by atoms with Crippen LogP contribution in [0.5, 0.6) is 0 Å². The molecule has 26 heavy (non-hydrogen) atoms. The van der Waals surface area contributed by atoms with Crippen LogP contribution in [-0.4, -0.2) is 17.4 Å². The average Bonchev–Trinajstić information content (AvgIpc) is 2.81. The normalized spacial score (nSPS) is 15.2. The number of hydrogen-bond donors (Lipinski definition) is 2. The maximum atomic E-state index is 12.6. The van der Waals surface area contributed by atoms with Crippen LogP contribution in [0.1, 0.15) is 40.0 Å². The lowest BCUT2D eigenvalue weighted by Gasteiger charge is -2.15. The zero-order chi connectivity index (χ0) is 18.7. The zero-order valence-corrected chi connectivity index (χ0v) is 14.0. The van der Waals surface area contributed by atoms with Gasteiger partial charge in [-0.05, 0) is 54.9 Å². The number of fused-ring (bicyclic) bond motifs is 1. The number of alkyl halides is 3. The first-order chi connectivity index (χ1) is 12.3. The van der Waals surface area contributed by atoms with Gasteiger partial charge in [-0.15, -0.1) is 0 Å². The fraction of sp³-hybridized carbons (Fsp3) is 0.368. The Morgan fingerprint density at radius 3 is 2.23 bits per heavy atom. The summed E-state index contributed by atoms with van der Waals surface area (Å²) in [6.45, 7) is 0.426. The van der Waals surface area contributed by atoms with E-state index in [1.807, 2.05) is 17.1 Å². The van der Waals surface area contributed by atoms with Crippen molar-refractivity contribution in [3.8, 4) is 0 Å². The molecule has 4 nitrogen and oxygen atoms in total. The number of aromatic nitrogens is 1. The summed E-state index contributed by atoms with van der Waals surface area (Å²) < 4.78 is 37.8. The van der Waals surface area contributed by atoms with Crippen LogP contribution in [0.4, 0.5) is 13.2 Å². The Bertz CT molecular complexity index is 831. The Hall–Kier alpha value is -2.57. The quantitative estimate of drug-likeness (QED) is 0.821. The van der Waals surface area contributed by atoms with Gasteiger partial charge in [0.1, 0.15) is 11.3 Å². The number of amides is 1. The summed E-state index contributed by atoms with van der Waals surface area (Å²) in [7, 11) is 0. The van der Waals surface area contributed by atoms with Gasteiger partial charge in [0.05, 0.1) is 0 Å². The molecule has 2 aromatic rings. The summed E-state index contributed by atoms with van der Waals surface area (Å²) in [5.41, 5.74) is -0.132. The van der Waals surface area contributed by atoms with Gasteiger partial charge >= 0.3 is 6.18 Å². The third-order valence-electron chi connectivity index (χ3n) is 4.77. The monoisotopic (exact) mass is 364 g/mol. The van der Waals surface area contributed by atoms with E-state index in [0.29, 0.717) is 12.6 Å². The molecule has 0 aliphatic heterocycles. The van der Waals surface area contributed by atoms with Crippen LogP contribution in [-0.2, 0) is 19.0 Å². The van der Waals surface area contributed by atoms with E-state index in [1.54, 1.807) is 0 Å². The molecule has 1 aromatic carbocycles. The van der Waals surface area contributed by atoms with Crippen molar-refractivity contribution in [2.45, 2.75) is 31.9 Å². The molecule has 3 rings (SSSR count). The number of rotatable bonds is 3. The molecule has 2 N–H and O–H groups in total. The number of halogens is 3. The largest absolute Gasteiger partial charge is 0.421 e. The number of pyridine rings is 1. The molecule has 1 heterocycles. The Morgan fingerprint density at radius 1 is 1.08 bits per heavy atom. The third kappa shape index (κ3) is 4.15. The van der Waals surface area contributed by atoms with Crippen molar-refractivity contribution >= 4 is 5.91 Å². The number of hydrogen-bond acceptors (Lipinski definition) is 2. The second kappa shape index (κ2) is 7.35. The molecule has 1 amide bonds. The molecule has 0 bridgehead atoms. The SMILES string of the molecule is O=C(NCC1CCc2ccccc2CC1)c1ccc(C(F)(F)F)c(=O)[nH]1. The van der Waals surface area contributed by atoms with Gasteiger partial charge in [0, 0.05) is 6.54 Å². The number of nitrogens with one attached hydrogen (secondary N) is 2. The van der Waals surface area contributed by atoms with E-state index in [2.05, 4.69) is 17.4 Å². The minimum Gasteiger partial charge on any atom is -0.350 e. The Morgan fingerprint density at radius 2 is 1.69 bits per heavy atom. The fourth-order valence-electron chi connectivity index (χ4n) is 3.27. The van der Waals surface area contributed by atoms with E-state index in [9.17, 15) is 22.8 Å². The number of carbonyl (C=O) groups excluding carboxylic acids is 1. The molecular weight excluding hydrogens is 345 g/mol. The summed E-state index contributed by atoms with van der Waals surface area (Å²) in [6, 6.07) is 9.88. The maximum Gasteiger partial charge on any atom is 0.421 e. The van der Waals surface area contributed by atoms with Gasteiger partial charge in [-0.3, -0.25) is 9.59 Å². The van der Waals surface area contributed by atoms with E-state index in [4.69, 9.17) is 0 Å². The predicted octanol–water partition coefficient (Wildman–Crippen LogP) is 3.32. The van der Waals surface area contributed by atoms with Crippen LogP contribution < -0.4 is 10.9 Å². The Balaban J connectivity index is 1.60. The molecule has 7 heteroatoms. The van der Waals surface area contributed by atoms with Gasteiger partial charge < -0.3 is 10.3 Å². The van der Waals surface area contributed by atoms with Crippen molar-refractivity contribution < 1.29 is 18.0 Å². The van der Waals surface area contributed by atoms with Crippen molar-refractivity contribution in [1.82, 2.24) is 10.3 Å². The van der Waals surface area contributed by atoms with Crippen molar-refractivity contribution in [3.05, 3.63) is 69.1 Å². The van der Waals surface area contributed by atoms with Gasteiger partial charge in [0.25, 0.3) is 11.5 Å². The Labute approximate surface area is 148 Å². The lowest BCUT2D eigenvalue weighted by Crippen LogP contribution is -2.32. The first kappa shape index (κ1) is 18.2. The van der Waals surface area contributed by atoms with Crippen molar-refractivity contribution in [2.24, 2.45) is 5.92 Å². The van der Waals surface area contributed by atoms with E-state index in [-0.39, 0.29) is 11.6 Å². The molecular formula is C19H19F3N2O2. The van der Waals surface area contributed by atoms with Crippen molar-refractivity contribution in [2.75, 3.05) is 6.54 Å². The highest BCUT2D eigenvalue weighted by molar-refractivity contribution is 5.92. The summed E-state index contributed by atoms with van der Waals surface area (Å²) in [4.78, 5) is 25.7. The number of aryl methyl sites for hydroxylation is 2. The van der Waals surface area contributed by atoms with Crippen molar-refractivity contribution in [1.29, 1.82) is 0 Å². The minimum absolute atomic E-state index is 0.167. The summed E-state index contributed by atoms with van der Waals surface area (Å²) in [6.07, 6.45) is -0.999. The van der Waals surface area contributed by atoms with Crippen LogP contribution in [0.2, 0.25) is 0 Å². The van der Waals surface area contributed by atoms with Crippen LogP contribution in [0.15, 0.2) is 41.2 Å². The molecule has 138 valence electrons. The standard InChI is InChI=1S/C19H19F3N2O2/c20-19(21,22)15-9-10-16(24-17(15)25)18(26)23-11-12-5-7-13-3-1-2-4-14(13)8-6-12/h1-4,9-10,12H,5-8,11H2,(H,23,26)(H,24,25). The molecule has 1 aliphatic rings. The van der Waals surface area contributed by atoms with E-state index in [0.717, 1.165) is 31.7 Å². The number of benzene rings is 1. The van der Waals surface area contributed by atoms with Crippen LogP contribution in [0.25, 0.3) is 0 Å². The average molecular weight is 364 g/mol. The summed E-state index contributed by atoms with van der Waals surface area (Å²) in [5.74, 6) is -0.287. The predicted molar refractivity (Wildman–Crippen MR) is 91.0 cm³/mol. The van der Waals surface area contributed by atoms with E-state index >= 15 is 0 Å². The molecule has 0 saturated carbocycles. The van der Waals surface area contributed by atoms with E-state index < -0.39 is 23.2 Å². The summed E-state index contributed by atoms with van der Waals surface area (Å²) in [5, 5.41) is 2.72. The third-order valence-corrected chi connectivity index (χ3v) is 4.77. The van der Waals surface area contributed by atoms with Gasteiger partial charge in [0.15, 0.2) is 0 Å². The first-order valence-corrected chi connectivity index (χ1v) is 8.50. The molecule has 0 atom stereocenters. The molecule has 0 spiro atoms. The number of carbonyl (C=O) groups is 1. The number of H-pyrrole nitrogens is 1. The number of aromatic amines is 1. The smallest absolute Gasteiger partial charge is 0.350 e. The topological polar surface area (TPSA) is 62.0 Å². The van der Waals surface area contributed by atoms with Crippen LogP contribution in [0, 0.1) is 5.92 Å². The second-order valence-corrected chi connectivity index (χ2v) is 6.53. The zero-order valence-electron chi connectivity index (χ0n) is 14.0. The second-order valence-electron chi connectivity index (χ2n) is 6.53. The highest BCUT2D eigenvalue weighted by Crippen LogP contribution is 2.26. The minimum atomic E-state index is -4.74. The molecule has 0 fully saturated rings. The molecule has 0 saturated heterocycles. The van der Waals surface area contributed by atoms with E-state index in [1.165, 1.54) is 11.1 Å². The van der Waals surface area contributed by atoms with Gasteiger partial charge in [-0.1, -0.05) is 24.3 Å². The van der Waals surface area contributed by atoms with Crippen LogP contribution >= 0.6 is 0 Å². The van der Waals surface area contributed by atoms with Gasteiger partial charge in [-0.25, -0.2) is 0 Å². The Kier molecular flexibility index (Phi) is 5.15.